The van der Waals surface area contributed by atoms with Crippen LogP contribution in [-0.2, 0) is 6.54 Å². The number of rotatable bonds is 7. The molecule has 0 heterocycles. The first-order valence-corrected chi connectivity index (χ1v) is 10.4. The summed E-state index contributed by atoms with van der Waals surface area (Å²) >= 11 is 0. The van der Waals surface area contributed by atoms with Crippen molar-refractivity contribution in [1.82, 2.24) is 5.32 Å². The molecule has 0 saturated heterocycles. The van der Waals surface area contributed by atoms with E-state index in [1.54, 1.807) is 0 Å². The summed E-state index contributed by atoms with van der Waals surface area (Å²) in [5, 5.41) is 9.37. The summed E-state index contributed by atoms with van der Waals surface area (Å²) in [6.07, 6.45) is 0. The van der Waals surface area contributed by atoms with E-state index in [1.165, 1.54) is 16.3 Å². The van der Waals surface area contributed by atoms with Gasteiger partial charge in [-0.05, 0) is 52.6 Å². The molecule has 0 amide bonds. The van der Waals surface area contributed by atoms with Crippen LogP contribution in [0.1, 0.15) is 19.4 Å². The molecule has 0 spiro atoms. The molecule has 3 rings (SSSR count). The van der Waals surface area contributed by atoms with Crippen molar-refractivity contribution in [3.05, 3.63) is 72.3 Å². The molecule has 0 atom stereocenters. The van der Waals surface area contributed by atoms with Crippen LogP contribution in [0, 0.1) is 5.41 Å². The molecular weight excluding hydrogens is 370 g/mol. The Morgan fingerprint density at radius 3 is 2.37 bits per heavy atom. The predicted octanol–water partition coefficient (Wildman–Crippen LogP) is 4.45. The monoisotopic (exact) mass is 403 g/mol. The van der Waals surface area contributed by atoms with Crippen molar-refractivity contribution in [2.75, 3.05) is 37.4 Å². The van der Waals surface area contributed by atoms with Gasteiger partial charge in [-0.25, -0.2) is 4.99 Å². The van der Waals surface area contributed by atoms with E-state index in [9.17, 15) is 0 Å². The number of aliphatic imine (C=N–C) groups is 1. The number of hydrogen-bond acceptors (Lipinski definition) is 3. The highest BCUT2D eigenvalue weighted by molar-refractivity contribution is 5.94. The van der Waals surface area contributed by atoms with Crippen molar-refractivity contribution in [2.45, 2.75) is 20.4 Å². The lowest BCUT2D eigenvalue weighted by molar-refractivity contribution is 0.376. The number of hydrogen-bond donors (Lipinski definition) is 3. The number of nitrogens with zero attached hydrogens (tertiary/aromatic N) is 2. The fraction of sp³-hybridized carbons (Fsp3) is 0.320. The Kier molecular flexibility index (Phi) is 6.95. The maximum absolute atomic E-state index is 5.91. The standard InChI is InChI=1S/C25H33N5/c1-25(2,17-26)18-28-24(29-21-12-14-22(15-13-21)30(3)4)27-16-20-10-7-9-19-8-5-6-11-23(19)20/h5-15H,16-18,26H2,1-4H3,(H2,27,28,29). The summed E-state index contributed by atoms with van der Waals surface area (Å²) in [5.74, 6) is 0.752. The molecule has 5 nitrogen and oxygen atoms in total. The highest BCUT2D eigenvalue weighted by Crippen LogP contribution is 2.20. The Bertz CT molecular complexity index is 985. The summed E-state index contributed by atoms with van der Waals surface area (Å²) < 4.78 is 0. The fourth-order valence-electron chi connectivity index (χ4n) is 3.11. The van der Waals surface area contributed by atoms with Gasteiger partial charge in [0.2, 0.25) is 0 Å². The zero-order valence-corrected chi connectivity index (χ0v) is 18.4. The number of anilines is 2. The van der Waals surface area contributed by atoms with E-state index in [-0.39, 0.29) is 5.41 Å². The van der Waals surface area contributed by atoms with Crippen LogP contribution in [0.5, 0.6) is 0 Å². The van der Waals surface area contributed by atoms with Gasteiger partial charge in [0.25, 0.3) is 0 Å². The highest BCUT2D eigenvalue weighted by Gasteiger charge is 2.16. The highest BCUT2D eigenvalue weighted by atomic mass is 15.2. The Balaban J connectivity index is 1.82. The van der Waals surface area contributed by atoms with Gasteiger partial charge in [0.1, 0.15) is 0 Å². The number of nitrogens with two attached hydrogens (primary N) is 1. The average Bonchev–Trinajstić information content (AvgIpc) is 2.76. The first-order chi connectivity index (χ1) is 14.4. The molecule has 4 N–H and O–H groups in total. The van der Waals surface area contributed by atoms with Crippen LogP contribution in [0.2, 0.25) is 0 Å². The van der Waals surface area contributed by atoms with Crippen molar-refractivity contribution < 1.29 is 0 Å². The third-order valence-corrected chi connectivity index (χ3v) is 5.22. The first kappa shape index (κ1) is 21.7. The maximum Gasteiger partial charge on any atom is 0.196 e. The van der Waals surface area contributed by atoms with Gasteiger partial charge in [-0.2, -0.15) is 0 Å². The molecule has 0 fully saturated rings. The number of fused-ring (bicyclic) bond motifs is 1. The van der Waals surface area contributed by atoms with Gasteiger partial charge in [-0.1, -0.05) is 56.3 Å². The number of guanidine groups is 1. The number of nitrogens with one attached hydrogen (secondary N) is 2. The van der Waals surface area contributed by atoms with Crippen molar-refractivity contribution >= 4 is 28.1 Å². The van der Waals surface area contributed by atoms with Gasteiger partial charge in [-0.15, -0.1) is 0 Å². The SMILES string of the molecule is CN(C)c1ccc(NC(=NCc2cccc3ccccc23)NCC(C)(C)CN)cc1. The van der Waals surface area contributed by atoms with Crippen molar-refractivity contribution in [2.24, 2.45) is 16.1 Å². The molecule has 5 heteroatoms. The van der Waals surface area contributed by atoms with Gasteiger partial charge in [-0.3, -0.25) is 0 Å². The lowest BCUT2D eigenvalue weighted by atomic mass is 9.94. The summed E-state index contributed by atoms with van der Waals surface area (Å²) in [6.45, 7) is 6.23. The second-order valence-electron chi connectivity index (χ2n) is 8.59. The maximum atomic E-state index is 5.91. The third-order valence-electron chi connectivity index (χ3n) is 5.22. The van der Waals surface area contributed by atoms with Crippen LogP contribution >= 0.6 is 0 Å². The van der Waals surface area contributed by atoms with Gasteiger partial charge < -0.3 is 21.3 Å². The largest absolute Gasteiger partial charge is 0.378 e. The molecule has 158 valence electrons. The molecule has 0 aliphatic carbocycles. The normalized spacial score (nSPS) is 12.1. The second kappa shape index (κ2) is 9.63. The minimum absolute atomic E-state index is 0.0172. The van der Waals surface area contributed by atoms with Gasteiger partial charge in [0, 0.05) is 32.0 Å². The van der Waals surface area contributed by atoms with Crippen LogP contribution in [0.3, 0.4) is 0 Å². The van der Waals surface area contributed by atoms with Crippen LogP contribution in [-0.4, -0.2) is 33.1 Å². The van der Waals surface area contributed by atoms with E-state index in [4.69, 9.17) is 10.7 Å². The molecule has 0 aromatic heterocycles. The minimum atomic E-state index is -0.0172. The quantitative estimate of drug-likeness (QED) is 0.403. The molecule has 0 bridgehead atoms. The van der Waals surface area contributed by atoms with Gasteiger partial charge in [0.05, 0.1) is 6.54 Å². The lowest BCUT2D eigenvalue weighted by Crippen LogP contribution is -2.41. The van der Waals surface area contributed by atoms with E-state index >= 15 is 0 Å². The molecule has 0 aliphatic rings. The fourth-order valence-corrected chi connectivity index (χ4v) is 3.11. The average molecular weight is 404 g/mol. The van der Waals surface area contributed by atoms with Crippen LogP contribution in [0.4, 0.5) is 11.4 Å². The molecule has 30 heavy (non-hydrogen) atoms. The zero-order chi connectivity index (χ0) is 21.6. The van der Waals surface area contributed by atoms with E-state index in [0.29, 0.717) is 13.1 Å². The summed E-state index contributed by atoms with van der Waals surface area (Å²) in [4.78, 5) is 6.96. The van der Waals surface area contributed by atoms with Crippen molar-refractivity contribution in [3.63, 3.8) is 0 Å². The Hall–Kier alpha value is -3.05. The smallest absolute Gasteiger partial charge is 0.196 e. The van der Waals surface area contributed by atoms with Gasteiger partial charge >= 0.3 is 0 Å². The van der Waals surface area contributed by atoms with Crippen LogP contribution < -0.4 is 21.3 Å². The van der Waals surface area contributed by atoms with Crippen LogP contribution in [0.25, 0.3) is 10.8 Å². The molecule has 3 aromatic carbocycles. The molecule has 0 radical (unpaired) electrons. The first-order valence-electron chi connectivity index (χ1n) is 10.4. The summed E-state index contributed by atoms with van der Waals surface area (Å²) in [7, 11) is 4.08. The van der Waals surface area contributed by atoms with Crippen molar-refractivity contribution in [3.8, 4) is 0 Å². The topological polar surface area (TPSA) is 65.7 Å². The Morgan fingerprint density at radius 2 is 1.67 bits per heavy atom. The van der Waals surface area contributed by atoms with Gasteiger partial charge in [0.15, 0.2) is 5.96 Å². The lowest BCUT2D eigenvalue weighted by Gasteiger charge is -2.24. The Labute approximate surface area is 180 Å². The minimum Gasteiger partial charge on any atom is -0.378 e. The molecule has 0 aliphatic heterocycles. The van der Waals surface area contributed by atoms with E-state index in [2.05, 4.69) is 96.1 Å². The molecular formula is C25H33N5. The number of benzene rings is 3. The summed E-state index contributed by atoms with van der Waals surface area (Å²) in [6, 6.07) is 23.1. The van der Waals surface area contributed by atoms with E-state index in [1.807, 2.05) is 14.1 Å². The van der Waals surface area contributed by atoms with E-state index in [0.717, 1.165) is 23.9 Å². The second-order valence-corrected chi connectivity index (χ2v) is 8.59. The third kappa shape index (κ3) is 5.74. The zero-order valence-electron chi connectivity index (χ0n) is 18.4. The predicted molar refractivity (Wildman–Crippen MR) is 130 cm³/mol. The summed E-state index contributed by atoms with van der Waals surface area (Å²) in [5.41, 5.74) is 9.25. The van der Waals surface area contributed by atoms with E-state index < -0.39 is 0 Å². The molecule has 0 unspecified atom stereocenters. The Morgan fingerprint density at radius 1 is 0.967 bits per heavy atom. The van der Waals surface area contributed by atoms with Crippen molar-refractivity contribution in [1.29, 1.82) is 0 Å². The molecule has 0 saturated carbocycles. The van der Waals surface area contributed by atoms with Crippen LogP contribution in [0.15, 0.2) is 71.7 Å². The molecule has 3 aromatic rings.